The molecular formula is C24H22FN3O4S. The number of amides is 1. The summed E-state index contributed by atoms with van der Waals surface area (Å²) in [6.45, 7) is 0.329. The Morgan fingerprint density at radius 2 is 1.76 bits per heavy atom. The molecule has 4 rings (SSSR count). The standard InChI is InChI=1S/C24H22FN3O4S/c1-32-19-10-8-18(9-11-19)26-21(29)3-2-13-27-23(30)22-20(12-14-33-22)28(24(27)31)15-16-4-6-17(25)7-5-16/h4-12,14H,2-3,13,15H2,1H3,(H,26,29). The van der Waals surface area contributed by atoms with Crippen LogP contribution in [0, 0.1) is 5.82 Å². The number of hydrogen-bond donors (Lipinski definition) is 1. The van der Waals surface area contributed by atoms with E-state index in [4.69, 9.17) is 4.74 Å². The molecule has 2 aromatic heterocycles. The summed E-state index contributed by atoms with van der Waals surface area (Å²) in [5.74, 6) is 0.120. The number of nitrogens with zero attached hydrogens (tertiary/aromatic N) is 2. The molecule has 170 valence electrons. The quantitative estimate of drug-likeness (QED) is 0.427. The highest BCUT2D eigenvalue weighted by molar-refractivity contribution is 7.17. The summed E-state index contributed by atoms with van der Waals surface area (Å²) in [7, 11) is 1.57. The van der Waals surface area contributed by atoms with E-state index in [-0.39, 0.29) is 36.8 Å². The molecule has 1 amide bonds. The third-order valence-corrected chi connectivity index (χ3v) is 6.14. The van der Waals surface area contributed by atoms with Crippen molar-refractivity contribution in [3.05, 3.63) is 92.2 Å². The van der Waals surface area contributed by atoms with Crippen LogP contribution >= 0.6 is 11.3 Å². The molecule has 0 saturated heterocycles. The van der Waals surface area contributed by atoms with Crippen molar-refractivity contribution in [1.29, 1.82) is 0 Å². The van der Waals surface area contributed by atoms with Crippen molar-refractivity contribution in [2.24, 2.45) is 0 Å². The molecule has 2 aromatic carbocycles. The molecule has 0 bridgehead atoms. The molecule has 0 aliphatic rings. The number of ether oxygens (including phenoxy) is 1. The molecular weight excluding hydrogens is 445 g/mol. The highest BCUT2D eigenvalue weighted by atomic mass is 32.1. The first-order valence-electron chi connectivity index (χ1n) is 10.4. The minimum Gasteiger partial charge on any atom is -0.497 e. The zero-order chi connectivity index (χ0) is 23.4. The summed E-state index contributed by atoms with van der Waals surface area (Å²) in [6, 6.07) is 14.6. The van der Waals surface area contributed by atoms with Crippen LogP contribution in [-0.2, 0) is 17.9 Å². The first-order chi connectivity index (χ1) is 16.0. The molecule has 0 unspecified atom stereocenters. The molecule has 0 saturated carbocycles. The van der Waals surface area contributed by atoms with Gasteiger partial charge in [0.15, 0.2) is 0 Å². The van der Waals surface area contributed by atoms with Gasteiger partial charge in [-0.3, -0.25) is 18.7 Å². The molecule has 0 aliphatic carbocycles. The van der Waals surface area contributed by atoms with Crippen molar-refractivity contribution < 1.29 is 13.9 Å². The maximum atomic E-state index is 13.3. The zero-order valence-corrected chi connectivity index (χ0v) is 18.7. The van der Waals surface area contributed by atoms with Crippen LogP contribution in [0.15, 0.2) is 69.6 Å². The lowest BCUT2D eigenvalue weighted by atomic mass is 10.2. The van der Waals surface area contributed by atoms with Crippen molar-refractivity contribution in [3.8, 4) is 5.75 Å². The van der Waals surface area contributed by atoms with Crippen LogP contribution in [0.2, 0.25) is 0 Å². The van der Waals surface area contributed by atoms with E-state index < -0.39 is 5.69 Å². The Morgan fingerprint density at radius 3 is 2.45 bits per heavy atom. The van der Waals surface area contributed by atoms with Gasteiger partial charge in [-0.1, -0.05) is 12.1 Å². The summed E-state index contributed by atoms with van der Waals surface area (Å²) >= 11 is 1.27. The average Bonchev–Trinajstić information content (AvgIpc) is 3.31. The topological polar surface area (TPSA) is 82.3 Å². The second kappa shape index (κ2) is 9.83. The van der Waals surface area contributed by atoms with Crippen LogP contribution < -0.4 is 21.3 Å². The lowest BCUT2D eigenvalue weighted by molar-refractivity contribution is -0.116. The molecule has 0 spiro atoms. The second-order valence-electron chi connectivity index (χ2n) is 7.47. The Kier molecular flexibility index (Phi) is 6.69. The van der Waals surface area contributed by atoms with E-state index in [0.29, 0.717) is 28.1 Å². The number of fused-ring (bicyclic) bond motifs is 1. The highest BCUT2D eigenvalue weighted by Crippen LogP contribution is 2.17. The molecule has 0 atom stereocenters. The first-order valence-corrected chi connectivity index (χ1v) is 11.2. The van der Waals surface area contributed by atoms with Crippen LogP contribution in [0.3, 0.4) is 0 Å². The van der Waals surface area contributed by atoms with Gasteiger partial charge >= 0.3 is 5.69 Å². The van der Waals surface area contributed by atoms with Crippen molar-refractivity contribution in [1.82, 2.24) is 9.13 Å². The molecule has 2 heterocycles. The van der Waals surface area contributed by atoms with E-state index in [9.17, 15) is 18.8 Å². The van der Waals surface area contributed by atoms with Crippen LogP contribution in [0.1, 0.15) is 18.4 Å². The minimum atomic E-state index is -0.453. The average molecular weight is 468 g/mol. The van der Waals surface area contributed by atoms with Crippen LogP contribution in [0.4, 0.5) is 10.1 Å². The second-order valence-corrected chi connectivity index (χ2v) is 8.38. The number of anilines is 1. The molecule has 0 radical (unpaired) electrons. The number of carbonyl (C=O) groups excluding carboxylic acids is 1. The summed E-state index contributed by atoms with van der Waals surface area (Å²) in [4.78, 5) is 38.3. The largest absolute Gasteiger partial charge is 0.497 e. The van der Waals surface area contributed by atoms with Crippen molar-refractivity contribution >= 4 is 33.1 Å². The maximum absolute atomic E-state index is 13.3. The Morgan fingerprint density at radius 1 is 1.03 bits per heavy atom. The van der Waals surface area contributed by atoms with E-state index in [0.717, 1.165) is 5.56 Å². The van der Waals surface area contributed by atoms with Gasteiger partial charge in [-0.2, -0.15) is 0 Å². The fourth-order valence-electron chi connectivity index (χ4n) is 3.55. The number of hydrogen-bond acceptors (Lipinski definition) is 5. The highest BCUT2D eigenvalue weighted by Gasteiger charge is 2.15. The van der Waals surface area contributed by atoms with E-state index in [2.05, 4.69) is 5.32 Å². The van der Waals surface area contributed by atoms with Gasteiger partial charge in [0.05, 0.1) is 19.2 Å². The predicted molar refractivity (Wildman–Crippen MR) is 127 cm³/mol. The Hall–Kier alpha value is -3.72. The Bertz CT molecular complexity index is 1390. The first kappa shape index (κ1) is 22.5. The number of halogens is 1. The van der Waals surface area contributed by atoms with E-state index in [1.165, 1.54) is 32.6 Å². The number of rotatable bonds is 8. The van der Waals surface area contributed by atoms with Crippen LogP contribution in [0.5, 0.6) is 5.75 Å². The van der Waals surface area contributed by atoms with Gasteiger partial charge in [-0.25, -0.2) is 9.18 Å². The monoisotopic (exact) mass is 467 g/mol. The van der Waals surface area contributed by atoms with Crippen molar-refractivity contribution in [3.63, 3.8) is 0 Å². The van der Waals surface area contributed by atoms with E-state index in [1.54, 1.807) is 55.0 Å². The maximum Gasteiger partial charge on any atom is 0.331 e. The fourth-order valence-corrected chi connectivity index (χ4v) is 4.39. The number of thiophene rings is 1. The number of nitrogens with one attached hydrogen (secondary N) is 1. The van der Waals surface area contributed by atoms with Gasteiger partial charge in [0.1, 0.15) is 16.3 Å². The molecule has 0 fully saturated rings. The Balaban J connectivity index is 1.50. The van der Waals surface area contributed by atoms with Crippen LogP contribution in [-0.4, -0.2) is 22.2 Å². The summed E-state index contributed by atoms with van der Waals surface area (Å²) in [6.07, 6.45) is 0.475. The summed E-state index contributed by atoms with van der Waals surface area (Å²) in [5, 5.41) is 4.55. The van der Waals surface area contributed by atoms with E-state index >= 15 is 0 Å². The SMILES string of the molecule is COc1ccc(NC(=O)CCCn2c(=O)c3sccc3n(Cc3ccc(F)cc3)c2=O)cc1. The van der Waals surface area contributed by atoms with Crippen molar-refractivity contribution in [2.45, 2.75) is 25.9 Å². The third kappa shape index (κ3) is 5.04. The molecule has 7 nitrogen and oxygen atoms in total. The van der Waals surface area contributed by atoms with Gasteiger partial charge in [0.2, 0.25) is 5.91 Å². The fraction of sp³-hybridized carbons (Fsp3) is 0.208. The van der Waals surface area contributed by atoms with Gasteiger partial charge in [0.25, 0.3) is 5.56 Å². The lowest BCUT2D eigenvalue weighted by Crippen LogP contribution is -2.40. The molecule has 1 N–H and O–H groups in total. The normalized spacial score (nSPS) is 11.0. The van der Waals surface area contributed by atoms with Gasteiger partial charge in [-0.05, 0) is 59.8 Å². The molecule has 4 aromatic rings. The lowest BCUT2D eigenvalue weighted by Gasteiger charge is -2.12. The molecule has 33 heavy (non-hydrogen) atoms. The number of carbonyl (C=O) groups is 1. The van der Waals surface area contributed by atoms with Gasteiger partial charge < -0.3 is 10.1 Å². The van der Waals surface area contributed by atoms with Gasteiger partial charge in [-0.15, -0.1) is 11.3 Å². The summed E-state index contributed by atoms with van der Waals surface area (Å²) in [5.41, 5.74) is 1.12. The van der Waals surface area contributed by atoms with Crippen LogP contribution in [0.25, 0.3) is 10.2 Å². The summed E-state index contributed by atoms with van der Waals surface area (Å²) < 4.78 is 21.5. The molecule has 0 aliphatic heterocycles. The van der Waals surface area contributed by atoms with Gasteiger partial charge in [0, 0.05) is 18.7 Å². The minimum absolute atomic E-state index is 0.116. The zero-order valence-electron chi connectivity index (χ0n) is 17.9. The number of benzene rings is 2. The number of methoxy groups -OCH3 is 1. The Labute approximate surface area is 192 Å². The molecule has 9 heteroatoms. The number of aromatic nitrogens is 2. The smallest absolute Gasteiger partial charge is 0.331 e. The predicted octanol–water partition coefficient (Wildman–Crippen LogP) is 3.84. The van der Waals surface area contributed by atoms with Crippen molar-refractivity contribution in [2.75, 3.05) is 12.4 Å². The van der Waals surface area contributed by atoms with E-state index in [1.807, 2.05) is 0 Å². The third-order valence-electron chi connectivity index (χ3n) is 5.25.